The number of alkyl halides is 2. The van der Waals surface area contributed by atoms with Crippen molar-refractivity contribution < 1.29 is 23.2 Å². The van der Waals surface area contributed by atoms with Crippen LogP contribution in [-0.2, 0) is 4.79 Å². The molecule has 2 rings (SSSR count). The van der Waals surface area contributed by atoms with Crippen molar-refractivity contribution in [3.8, 4) is 0 Å². The second kappa shape index (κ2) is 4.80. The molecule has 0 bridgehead atoms. The van der Waals surface area contributed by atoms with Crippen molar-refractivity contribution >= 4 is 5.91 Å². The van der Waals surface area contributed by atoms with Crippen molar-refractivity contribution in [2.75, 3.05) is 0 Å². The molecule has 0 aliphatic heterocycles. The average molecular weight is 288 g/mol. The fraction of sp³-hybridized carbons (Fsp3) is 0.692. The molecule has 1 saturated carbocycles. The molecule has 1 unspecified atom stereocenters. The van der Waals surface area contributed by atoms with E-state index in [9.17, 15) is 18.7 Å². The van der Waals surface area contributed by atoms with Gasteiger partial charge in [-0.2, -0.15) is 8.78 Å². The minimum absolute atomic E-state index is 0.0624. The smallest absolute Gasteiger partial charge is 0.352 e. The Bertz CT molecular complexity index is 504. The standard InChI is InChI=1S/C13H18F2N2O3/c1-7(10-8(2)17-20-9(10)3)16-11(18)13(14,15)12(19)5-4-6-12/h7,19H,4-6H2,1-3H3,(H,16,18). The zero-order valence-electron chi connectivity index (χ0n) is 11.7. The lowest BCUT2D eigenvalue weighted by molar-refractivity contribution is -0.216. The molecule has 1 amide bonds. The highest BCUT2D eigenvalue weighted by atomic mass is 19.3. The molecule has 7 heteroatoms. The van der Waals surface area contributed by atoms with Crippen LogP contribution in [-0.4, -0.2) is 27.7 Å². The number of aryl methyl sites for hydroxylation is 2. The highest BCUT2D eigenvalue weighted by Gasteiger charge is 2.61. The number of halogens is 2. The maximum absolute atomic E-state index is 13.9. The third-order valence-electron chi connectivity index (χ3n) is 3.92. The van der Waals surface area contributed by atoms with Crippen LogP contribution in [0.25, 0.3) is 0 Å². The van der Waals surface area contributed by atoms with E-state index in [4.69, 9.17) is 4.52 Å². The topological polar surface area (TPSA) is 75.4 Å². The average Bonchev–Trinajstić information content (AvgIpc) is 2.65. The molecule has 1 aromatic rings. The molecule has 0 aromatic carbocycles. The van der Waals surface area contributed by atoms with Crippen LogP contribution in [0.3, 0.4) is 0 Å². The summed E-state index contributed by atoms with van der Waals surface area (Å²) in [5.74, 6) is -4.79. The Morgan fingerprint density at radius 2 is 2.10 bits per heavy atom. The van der Waals surface area contributed by atoms with E-state index in [-0.39, 0.29) is 12.8 Å². The zero-order chi connectivity index (χ0) is 15.1. The van der Waals surface area contributed by atoms with Gasteiger partial charge in [-0.15, -0.1) is 0 Å². The molecule has 1 aliphatic rings. The largest absolute Gasteiger partial charge is 0.383 e. The van der Waals surface area contributed by atoms with Crippen LogP contribution < -0.4 is 5.32 Å². The number of hydrogen-bond donors (Lipinski definition) is 2. The molecule has 1 atom stereocenters. The molecule has 1 aromatic heterocycles. The Morgan fingerprint density at radius 3 is 2.50 bits per heavy atom. The molecule has 1 heterocycles. The SMILES string of the molecule is Cc1noc(C)c1C(C)NC(=O)C(F)(F)C1(O)CCC1. The van der Waals surface area contributed by atoms with E-state index in [0.717, 1.165) is 0 Å². The molecule has 0 radical (unpaired) electrons. The van der Waals surface area contributed by atoms with E-state index < -0.39 is 23.5 Å². The van der Waals surface area contributed by atoms with Gasteiger partial charge >= 0.3 is 5.92 Å². The van der Waals surface area contributed by atoms with Gasteiger partial charge in [0.15, 0.2) is 0 Å². The third-order valence-corrected chi connectivity index (χ3v) is 3.92. The fourth-order valence-corrected chi connectivity index (χ4v) is 2.50. The number of hydrogen-bond acceptors (Lipinski definition) is 4. The first kappa shape index (κ1) is 14.9. The number of nitrogens with one attached hydrogen (secondary N) is 1. The number of amides is 1. The number of nitrogens with zero attached hydrogens (tertiary/aromatic N) is 1. The van der Waals surface area contributed by atoms with Crippen LogP contribution in [0, 0.1) is 13.8 Å². The summed E-state index contributed by atoms with van der Waals surface area (Å²) >= 11 is 0. The maximum atomic E-state index is 13.9. The molecule has 5 nitrogen and oxygen atoms in total. The van der Waals surface area contributed by atoms with E-state index >= 15 is 0 Å². The number of rotatable bonds is 4. The Kier molecular flexibility index (Phi) is 3.58. The van der Waals surface area contributed by atoms with Crippen LogP contribution in [0.5, 0.6) is 0 Å². The molecule has 20 heavy (non-hydrogen) atoms. The zero-order valence-corrected chi connectivity index (χ0v) is 11.7. The van der Waals surface area contributed by atoms with Crippen molar-refractivity contribution in [1.82, 2.24) is 10.5 Å². The highest BCUT2D eigenvalue weighted by molar-refractivity contribution is 5.85. The van der Waals surface area contributed by atoms with E-state index in [1.807, 2.05) is 0 Å². The summed E-state index contributed by atoms with van der Waals surface area (Å²) in [4.78, 5) is 11.8. The van der Waals surface area contributed by atoms with Crippen molar-refractivity contribution in [2.24, 2.45) is 0 Å². The van der Waals surface area contributed by atoms with Gasteiger partial charge in [0, 0.05) is 5.56 Å². The summed E-state index contributed by atoms with van der Waals surface area (Å²) in [7, 11) is 0. The Labute approximate surface area is 115 Å². The lowest BCUT2D eigenvalue weighted by atomic mass is 9.75. The number of aliphatic hydroxyl groups is 1. The van der Waals surface area contributed by atoms with Crippen molar-refractivity contribution in [3.05, 3.63) is 17.0 Å². The first-order valence-electron chi connectivity index (χ1n) is 6.53. The van der Waals surface area contributed by atoms with Gasteiger partial charge in [0.1, 0.15) is 11.4 Å². The summed E-state index contributed by atoms with van der Waals surface area (Å²) in [6.45, 7) is 4.90. The normalized spacial score (nSPS) is 19.3. The van der Waals surface area contributed by atoms with Crippen LogP contribution in [0.15, 0.2) is 4.52 Å². The van der Waals surface area contributed by atoms with Crippen LogP contribution in [0.2, 0.25) is 0 Å². The first-order valence-corrected chi connectivity index (χ1v) is 6.53. The summed E-state index contributed by atoms with van der Waals surface area (Å²) in [6, 6.07) is -0.664. The van der Waals surface area contributed by atoms with E-state index in [0.29, 0.717) is 23.4 Å². The summed E-state index contributed by atoms with van der Waals surface area (Å²) in [5, 5.41) is 15.7. The van der Waals surface area contributed by atoms with E-state index in [1.165, 1.54) is 0 Å². The van der Waals surface area contributed by atoms with Gasteiger partial charge in [0.05, 0.1) is 11.7 Å². The Hall–Kier alpha value is -1.50. The van der Waals surface area contributed by atoms with Crippen molar-refractivity contribution in [1.29, 1.82) is 0 Å². The van der Waals surface area contributed by atoms with E-state index in [2.05, 4.69) is 10.5 Å². The minimum atomic E-state index is -3.79. The number of carbonyl (C=O) groups excluding carboxylic acids is 1. The molecule has 2 N–H and O–H groups in total. The molecule has 0 saturated heterocycles. The molecule has 112 valence electrons. The van der Waals surface area contributed by atoms with Gasteiger partial charge < -0.3 is 14.9 Å². The fourth-order valence-electron chi connectivity index (χ4n) is 2.50. The summed E-state index contributed by atoms with van der Waals surface area (Å²) < 4.78 is 32.8. The van der Waals surface area contributed by atoms with E-state index in [1.54, 1.807) is 20.8 Å². The van der Waals surface area contributed by atoms with Gasteiger partial charge in [-0.3, -0.25) is 4.79 Å². The monoisotopic (exact) mass is 288 g/mol. The maximum Gasteiger partial charge on any atom is 0.352 e. The van der Waals surface area contributed by atoms with Crippen LogP contribution in [0.4, 0.5) is 8.78 Å². The van der Waals surface area contributed by atoms with Gasteiger partial charge in [-0.1, -0.05) is 5.16 Å². The summed E-state index contributed by atoms with van der Waals surface area (Å²) in [5.41, 5.74) is -1.09. The van der Waals surface area contributed by atoms with Gasteiger partial charge in [0.25, 0.3) is 5.91 Å². The minimum Gasteiger partial charge on any atom is -0.383 e. The quantitative estimate of drug-likeness (QED) is 0.888. The van der Waals surface area contributed by atoms with Crippen LogP contribution >= 0.6 is 0 Å². The molecule has 0 spiro atoms. The third kappa shape index (κ3) is 2.19. The number of carbonyl (C=O) groups is 1. The first-order chi connectivity index (χ1) is 9.19. The van der Waals surface area contributed by atoms with Gasteiger partial charge in [-0.25, -0.2) is 0 Å². The Morgan fingerprint density at radius 1 is 1.50 bits per heavy atom. The van der Waals surface area contributed by atoms with Gasteiger partial charge in [-0.05, 0) is 40.0 Å². The van der Waals surface area contributed by atoms with Crippen molar-refractivity contribution in [2.45, 2.75) is 57.6 Å². The Balaban J connectivity index is 2.12. The molecule has 1 fully saturated rings. The molecular weight excluding hydrogens is 270 g/mol. The molecular formula is C13H18F2N2O3. The lowest BCUT2D eigenvalue weighted by Gasteiger charge is -2.41. The summed E-state index contributed by atoms with van der Waals surface area (Å²) in [6.07, 6.45) is 0.374. The second-order valence-electron chi connectivity index (χ2n) is 5.39. The van der Waals surface area contributed by atoms with Crippen molar-refractivity contribution in [3.63, 3.8) is 0 Å². The predicted octanol–water partition coefficient (Wildman–Crippen LogP) is 2.02. The number of aromatic nitrogens is 1. The lowest BCUT2D eigenvalue weighted by Crippen LogP contribution is -2.60. The predicted molar refractivity (Wildman–Crippen MR) is 66.3 cm³/mol. The van der Waals surface area contributed by atoms with Crippen LogP contribution in [0.1, 0.15) is 49.2 Å². The van der Waals surface area contributed by atoms with Gasteiger partial charge in [0.2, 0.25) is 0 Å². The molecule has 1 aliphatic carbocycles. The second-order valence-corrected chi connectivity index (χ2v) is 5.39. The highest BCUT2D eigenvalue weighted by Crippen LogP contribution is 2.44.